The maximum absolute atomic E-state index is 8.85. The molecule has 1 aliphatic carbocycles. The molecule has 0 unspecified atom stereocenters. The van der Waals surface area contributed by atoms with E-state index in [0.717, 1.165) is 12.8 Å². The van der Waals surface area contributed by atoms with Crippen LogP contribution in [0, 0.1) is 0 Å². The van der Waals surface area contributed by atoms with Gasteiger partial charge < -0.3 is 9.68 Å². The molecule has 1 fully saturated rings. The molecule has 0 spiro atoms. The van der Waals surface area contributed by atoms with Crippen LogP contribution in [0.4, 0.5) is 0 Å². The Bertz CT molecular complexity index is 101. The van der Waals surface area contributed by atoms with E-state index in [1.54, 1.807) is 0 Å². The second-order valence-corrected chi connectivity index (χ2v) is 2.32. The molecule has 0 bridgehead atoms. The van der Waals surface area contributed by atoms with Crippen molar-refractivity contribution in [3.05, 3.63) is 12.6 Å². The van der Waals surface area contributed by atoms with Crippen molar-refractivity contribution in [1.29, 1.82) is 0 Å². The summed E-state index contributed by atoms with van der Waals surface area (Å²) in [4.78, 5) is 0. The van der Waals surface area contributed by atoms with Gasteiger partial charge in [0.05, 0.1) is 0 Å². The summed E-state index contributed by atoms with van der Waals surface area (Å²) >= 11 is 0. The van der Waals surface area contributed by atoms with Gasteiger partial charge in [-0.15, -0.1) is 6.58 Å². The molecule has 0 saturated heterocycles. The number of hydrogen-bond donors (Lipinski definition) is 1. The van der Waals surface area contributed by atoms with E-state index < -0.39 is 7.12 Å². The monoisotopic (exact) mass is 126 g/mol. The highest BCUT2D eigenvalue weighted by Gasteiger charge is 2.21. The third kappa shape index (κ3) is 1.84. The first-order chi connectivity index (χ1) is 4.33. The Morgan fingerprint density at radius 2 is 2.33 bits per heavy atom. The zero-order valence-electron chi connectivity index (χ0n) is 5.42. The second-order valence-electron chi connectivity index (χ2n) is 2.32. The van der Waals surface area contributed by atoms with Gasteiger partial charge in [0.1, 0.15) is 0 Å². The van der Waals surface area contributed by atoms with Crippen LogP contribution in [0.15, 0.2) is 12.6 Å². The van der Waals surface area contributed by atoms with Crippen molar-refractivity contribution in [2.75, 3.05) is 0 Å². The van der Waals surface area contributed by atoms with Crippen molar-refractivity contribution in [2.45, 2.75) is 25.4 Å². The molecule has 0 aromatic heterocycles. The predicted molar refractivity (Wildman–Crippen MR) is 36.9 cm³/mol. The summed E-state index contributed by atoms with van der Waals surface area (Å²) in [5.41, 5.74) is 0. The Balaban J connectivity index is 2.08. The summed E-state index contributed by atoms with van der Waals surface area (Å²) in [6.45, 7) is 3.40. The molecule has 0 aliphatic heterocycles. The molecular formula is C6H11BO2. The summed E-state index contributed by atoms with van der Waals surface area (Å²) in [5.74, 6) is 1.40. The molecule has 50 valence electrons. The lowest BCUT2D eigenvalue weighted by Gasteiger charge is -2.26. The molecule has 1 aliphatic rings. The molecular weight excluding hydrogens is 115 g/mol. The van der Waals surface area contributed by atoms with Gasteiger partial charge in [-0.05, 0) is 19.3 Å². The van der Waals surface area contributed by atoms with Crippen molar-refractivity contribution in [1.82, 2.24) is 0 Å². The minimum atomic E-state index is -0.754. The third-order valence-corrected chi connectivity index (χ3v) is 1.59. The zero-order valence-corrected chi connectivity index (χ0v) is 5.42. The van der Waals surface area contributed by atoms with Crippen LogP contribution in [0.1, 0.15) is 19.3 Å². The molecule has 1 N–H and O–H groups in total. The summed E-state index contributed by atoms with van der Waals surface area (Å²) in [6.07, 6.45) is 3.70. The highest BCUT2D eigenvalue weighted by Crippen LogP contribution is 2.21. The van der Waals surface area contributed by atoms with Gasteiger partial charge in [0, 0.05) is 6.10 Å². The highest BCUT2D eigenvalue weighted by molar-refractivity contribution is 6.48. The Labute approximate surface area is 55.7 Å². The molecule has 9 heavy (non-hydrogen) atoms. The zero-order chi connectivity index (χ0) is 6.69. The minimum absolute atomic E-state index is 0.290. The Hall–Kier alpha value is -0.275. The molecule has 0 radical (unpaired) electrons. The van der Waals surface area contributed by atoms with E-state index in [0.29, 0.717) is 0 Å². The molecule has 0 atom stereocenters. The SMILES string of the molecule is C=CB(O)OC1CCC1. The summed E-state index contributed by atoms with van der Waals surface area (Å²) in [7, 11) is -0.754. The van der Waals surface area contributed by atoms with Crippen LogP contribution < -0.4 is 0 Å². The van der Waals surface area contributed by atoms with Crippen LogP contribution >= 0.6 is 0 Å². The standard InChI is InChI=1S/C6H11BO2/c1-2-7(8)9-6-4-3-5-6/h2,6,8H,1,3-5H2. The van der Waals surface area contributed by atoms with E-state index in [4.69, 9.17) is 9.68 Å². The summed E-state index contributed by atoms with van der Waals surface area (Å²) in [5, 5.41) is 8.85. The van der Waals surface area contributed by atoms with E-state index in [9.17, 15) is 0 Å². The topological polar surface area (TPSA) is 29.5 Å². The lowest BCUT2D eigenvalue weighted by atomic mass is 9.87. The minimum Gasteiger partial charge on any atom is -0.423 e. The van der Waals surface area contributed by atoms with Crippen LogP contribution in [-0.2, 0) is 4.65 Å². The van der Waals surface area contributed by atoms with Gasteiger partial charge in [-0.3, -0.25) is 0 Å². The Morgan fingerprint density at radius 3 is 2.67 bits per heavy atom. The van der Waals surface area contributed by atoms with Crippen LogP contribution in [0.3, 0.4) is 0 Å². The fourth-order valence-corrected chi connectivity index (χ4v) is 0.760. The largest absolute Gasteiger partial charge is 0.483 e. The normalized spacial score (nSPS) is 18.8. The van der Waals surface area contributed by atoms with Crippen LogP contribution in [0.25, 0.3) is 0 Å². The average molecular weight is 126 g/mol. The van der Waals surface area contributed by atoms with E-state index in [1.807, 2.05) is 0 Å². The fraction of sp³-hybridized carbons (Fsp3) is 0.667. The molecule has 2 nitrogen and oxygen atoms in total. The van der Waals surface area contributed by atoms with Crippen LogP contribution in [0.2, 0.25) is 0 Å². The second kappa shape index (κ2) is 3.04. The summed E-state index contributed by atoms with van der Waals surface area (Å²) < 4.78 is 5.07. The number of hydrogen-bond acceptors (Lipinski definition) is 2. The van der Waals surface area contributed by atoms with Gasteiger partial charge in [-0.25, -0.2) is 0 Å². The smallest absolute Gasteiger partial charge is 0.423 e. The first-order valence-corrected chi connectivity index (χ1v) is 3.29. The van der Waals surface area contributed by atoms with Crippen LogP contribution in [-0.4, -0.2) is 18.2 Å². The number of rotatable bonds is 3. The van der Waals surface area contributed by atoms with E-state index in [2.05, 4.69) is 6.58 Å². The predicted octanol–water partition coefficient (Wildman–Crippen LogP) is 0.761. The average Bonchev–Trinajstić information content (AvgIpc) is 1.78. The lowest BCUT2D eigenvalue weighted by molar-refractivity contribution is 0.0997. The van der Waals surface area contributed by atoms with Gasteiger partial charge in [0.15, 0.2) is 0 Å². The fourth-order valence-electron chi connectivity index (χ4n) is 0.760. The Kier molecular flexibility index (Phi) is 2.31. The molecule has 3 heteroatoms. The summed E-state index contributed by atoms with van der Waals surface area (Å²) in [6, 6.07) is 0. The van der Waals surface area contributed by atoms with Gasteiger partial charge in [-0.2, -0.15) is 0 Å². The first kappa shape index (κ1) is 6.84. The van der Waals surface area contributed by atoms with Gasteiger partial charge >= 0.3 is 7.12 Å². The third-order valence-electron chi connectivity index (χ3n) is 1.59. The molecule has 0 amide bonds. The molecule has 1 rings (SSSR count). The van der Waals surface area contributed by atoms with Crippen molar-refractivity contribution in [2.24, 2.45) is 0 Å². The maximum Gasteiger partial charge on any atom is 0.483 e. The van der Waals surface area contributed by atoms with Crippen LogP contribution in [0.5, 0.6) is 0 Å². The maximum atomic E-state index is 8.85. The van der Waals surface area contributed by atoms with Crippen molar-refractivity contribution < 1.29 is 9.68 Å². The molecule has 1 saturated carbocycles. The van der Waals surface area contributed by atoms with Crippen molar-refractivity contribution >= 4 is 7.12 Å². The Morgan fingerprint density at radius 1 is 1.67 bits per heavy atom. The van der Waals surface area contributed by atoms with Crippen molar-refractivity contribution in [3.63, 3.8) is 0 Å². The quantitative estimate of drug-likeness (QED) is 0.565. The highest BCUT2D eigenvalue weighted by atomic mass is 16.5. The van der Waals surface area contributed by atoms with Gasteiger partial charge in [0.25, 0.3) is 0 Å². The van der Waals surface area contributed by atoms with Gasteiger partial charge in [-0.1, -0.05) is 5.98 Å². The van der Waals surface area contributed by atoms with Crippen molar-refractivity contribution in [3.8, 4) is 0 Å². The van der Waals surface area contributed by atoms with Gasteiger partial charge in [0.2, 0.25) is 0 Å². The molecule has 0 heterocycles. The lowest BCUT2D eigenvalue weighted by Crippen LogP contribution is -2.29. The van der Waals surface area contributed by atoms with E-state index >= 15 is 0 Å². The van der Waals surface area contributed by atoms with E-state index in [-0.39, 0.29) is 6.10 Å². The molecule has 0 aromatic rings. The molecule has 0 aromatic carbocycles. The first-order valence-electron chi connectivity index (χ1n) is 3.29. The van der Waals surface area contributed by atoms with E-state index in [1.165, 1.54) is 12.4 Å².